The second-order valence-corrected chi connectivity index (χ2v) is 8.56. The molecule has 0 radical (unpaired) electrons. The highest BCUT2D eigenvalue weighted by Gasteiger charge is 2.17. The van der Waals surface area contributed by atoms with E-state index in [-0.39, 0.29) is 9.79 Å². The van der Waals surface area contributed by atoms with E-state index in [1.807, 2.05) is 0 Å². The van der Waals surface area contributed by atoms with E-state index in [4.69, 9.17) is 16.4 Å². The number of hydrazine groups is 2. The second-order valence-electron chi connectivity index (χ2n) is 5.20. The Bertz CT molecular complexity index is 922. The van der Waals surface area contributed by atoms with Gasteiger partial charge in [0, 0.05) is 0 Å². The van der Waals surface area contributed by atoms with E-state index in [2.05, 4.69) is 0 Å². The molecule has 25 heavy (non-hydrogen) atoms. The minimum atomic E-state index is -3.76. The number of ether oxygens (including phenoxy) is 1. The molecule has 2 aromatic carbocycles. The summed E-state index contributed by atoms with van der Waals surface area (Å²) in [6.07, 6.45) is 0. The van der Waals surface area contributed by atoms with Gasteiger partial charge in [-0.2, -0.15) is 9.66 Å². The monoisotopic (exact) mass is 386 g/mol. The summed E-state index contributed by atoms with van der Waals surface area (Å²) in [6.45, 7) is 3.20. The van der Waals surface area contributed by atoms with Crippen LogP contribution in [-0.2, 0) is 20.0 Å². The van der Waals surface area contributed by atoms with Crippen molar-refractivity contribution >= 4 is 20.0 Å². The third kappa shape index (κ3) is 4.15. The maximum absolute atomic E-state index is 11.7. The Morgan fingerprint density at radius 1 is 0.760 bits per heavy atom. The first kappa shape index (κ1) is 19.3. The van der Waals surface area contributed by atoms with Crippen molar-refractivity contribution in [2.24, 2.45) is 11.7 Å². The van der Waals surface area contributed by atoms with Crippen molar-refractivity contribution in [1.29, 1.82) is 0 Å². The van der Waals surface area contributed by atoms with Gasteiger partial charge in [0.25, 0.3) is 20.0 Å². The lowest BCUT2D eigenvalue weighted by molar-refractivity contribution is 0.480. The fraction of sp³-hybridized carbons (Fsp3) is 0.143. The molecule has 0 aromatic heterocycles. The minimum Gasteiger partial charge on any atom is -0.457 e. The molecule has 0 heterocycles. The maximum Gasteiger partial charge on any atom is 0.253 e. The number of nitrogens with one attached hydrogen (secondary N) is 2. The van der Waals surface area contributed by atoms with Crippen LogP contribution >= 0.6 is 0 Å². The molecule has 0 unspecified atom stereocenters. The van der Waals surface area contributed by atoms with Crippen LogP contribution in [0, 0.1) is 13.8 Å². The molecule has 11 heteroatoms. The van der Waals surface area contributed by atoms with Crippen LogP contribution in [0.15, 0.2) is 46.2 Å². The standard InChI is InChI=1S/C14H18N4O5S2/c1-9-7-11(3-5-13(9)24(19,20)17-15)23-12-4-6-14(10(2)8-12)25(21,22)18-16/h3-8,17-18H,15-16H2,1-2H3. The number of rotatable bonds is 6. The molecule has 9 nitrogen and oxygen atoms in total. The highest BCUT2D eigenvalue weighted by atomic mass is 32.2. The highest BCUT2D eigenvalue weighted by Crippen LogP contribution is 2.28. The van der Waals surface area contributed by atoms with Gasteiger partial charge >= 0.3 is 0 Å². The van der Waals surface area contributed by atoms with Gasteiger partial charge in [-0.25, -0.2) is 16.8 Å². The molecule has 0 aliphatic heterocycles. The number of sulfonamides is 2. The number of nitrogens with two attached hydrogens (primary N) is 2. The van der Waals surface area contributed by atoms with Crippen LogP contribution in [0.25, 0.3) is 0 Å². The van der Waals surface area contributed by atoms with Gasteiger partial charge in [0.05, 0.1) is 9.79 Å². The van der Waals surface area contributed by atoms with E-state index in [1.165, 1.54) is 36.4 Å². The zero-order valence-electron chi connectivity index (χ0n) is 13.5. The van der Waals surface area contributed by atoms with Crippen LogP contribution in [0.5, 0.6) is 11.5 Å². The summed E-state index contributed by atoms with van der Waals surface area (Å²) in [5, 5.41) is 0. The van der Waals surface area contributed by atoms with Crippen LogP contribution in [0.3, 0.4) is 0 Å². The van der Waals surface area contributed by atoms with Gasteiger partial charge in [-0.3, -0.25) is 11.7 Å². The molecular weight excluding hydrogens is 368 g/mol. The second kappa shape index (κ2) is 7.07. The van der Waals surface area contributed by atoms with Gasteiger partial charge in [0.2, 0.25) is 0 Å². The largest absolute Gasteiger partial charge is 0.457 e. The quantitative estimate of drug-likeness (QED) is 0.414. The summed E-state index contributed by atoms with van der Waals surface area (Å²) in [5.41, 5.74) is 0.886. The van der Waals surface area contributed by atoms with Crippen molar-refractivity contribution in [2.45, 2.75) is 23.6 Å². The first-order chi connectivity index (χ1) is 11.6. The van der Waals surface area contributed by atoms with Crippen molar-refractivity contribution in [3.05, 3.63) is 47.5 Å². The molecule has 0 saturated heterocycles. The zero-order chi connectivity index (χ0) is 18.8. The lowest BCUT2D eigenvalue weighted by Crippen LogP contribution is -2.30. The molecule has 0 aliphatic carbocycles. The fourth-order valence-electron chi connectivity index (χ4n) is 2.24. The van der Waals surface area contributed by atoms with Crippen LogP contribution in [0.1, 0.15) is 11.1 Å². The SMILES string of the molecule is Cc1cc(Oc2ccc(S(=O)(=O)NN)c(C)c2)ccc1S(=O)(=O)NN. The highest BCUT2D eigenvalue weighted by molar-refractivity contribution is 7.89. The summed E-state index contributed by atoms with van der Waals surface area (Å²) in [5.74, 6) is 10.8. The van der Waals surface area contributed by atoms with Crippen molar-refractivity contribution in [2.75, 3.05) is 0 Å². The van der Waals surface area contributed by atoms with Gasteiger partial charge in [0.1, 0.15) is 11.5 Å². The van der Waals surface area contributed by atoms with E-state index in [9.17, 15) is 16.8 Å². The number of hydrogen-bond acceptors (Lipinski definition) is 7. The van der Waals surface area contributed by atoms with Crippen LogP contribution in [-0.4, -0.2) is 16.8 Å². The first-order valence-corrected chi connectivity index (χ1v) is 9.91. The number of hydrogen-bond donors (Lipinski definition) is 4. The fourth-order valence-corrected chi connectivity index (χ4v) is 3.95. The van der Waals surface area contributed by atoms with Gasteiger partial charge in [-0.1, -0.05) is 0 Å². The first-order valence-electron chi connectivity index (χ1n) is 6.94. The summed E-state index contributed by atoms with van der Waals surface area (Å²) >= 11 is 0. The Morgan fingerprint density at radius 3 is 1.40 bits per heavy atom. The Hall–Kier alpha value is -2.02. The molecule has 0 atom stereocenters. The molecule has 2 aromatic rings. The summed E-state index contributed by atoms with van der Waals surface area (Å²) < 4.78 is 52.6. The molecule has 0 amide bonds. The van der Waals surface area contributed by atoms with E-state index in [0.717, 1.165) is 0 Å². The van der Waals surface area contributed by atoms with Crippen molar-refractivity contribution in [3.63, 3.8) is 0 Å². The summed E-state index contributed by atoms with van der Waals surface area (Å²) in [4.78, 5) is 3.59. The Kier molecular flexibility index (Phi) is 5.46. The topological polar surface area (TPSA) is 154 Å². The average Bonchev–Trinajstić information content (AvgIpc) is 2.54. The van der Waals surface area contributed by atoms with Crippen molar-refractivity contribution in [1.82, 2.24) is 9.66 Å². The lowest BCUT2D eigenvalue weighted by Gasteiger charge is -2.12. The predicted octanol–water partition coefficient (Wildman–Crippen LogP) is 0.400. The number of aryl methyl sites for hydroxylation is 2. The smallest absolute Gasteiger partial charge is 0.253 e. The van der Waals surface area contributed by atoms with Gasteiger partial charge in [-0.05, 0) is 61.4 Å². The molecule has 0 bridgehead atoms. The Labute approximate surface area is 146 Å². The molecular formula is C14H18N4O5S2. The van der Waals surface area contributed by atoms with E-state index < -0.39 is 20.0 Å². The van der Waals surface area contributed by atoms with Crippen molar-refractivity contribution < 1.29 is 21.6 Å². The van der Waals surface area contributed by atoms with E-state index in [1.54, 1.807) is 23.5 Å². The lowest BCUT2D eigenvalue weighted by atomic mass is 10.2. The third-order valence-corrected chi connectivity index (χ3v) is 6.11. The number of benzene rings is 2. The molecule has 0 aliphatic rings. The molecule has 136 valence electrons. The van der Waals surface area contributed by atoms with Gasteiger partial charge in [0.15, 0.2) is 0 Å². The molecule has 6 N–H and O–H groups in total. The summed E-state index contributed by atoms with van der Waals surface area (Å²) in [7, 11) is -7.53. The Balaban J connectivity index is 2.32. The van der Waals surface area contributed by atoms with Crippen molar-refractivity contribution in [3.8, 4) is 11.5 Å². The van der Waals surface area contributed by atoms with E-state index >= 15 is 0 Å². The molecule has 2 rings (SSSR count). The normalized spacial score (nSPS) is 12.2. The molecule has 0 fully saturated rings. The molecule has 0 saturated carbocycles. The van der Waals surface area contributed by atoms with Crippen LogP contribution in [0.4, 0.5) is 0 Å². The van der Waals surface area contributed by atoms with Gasteiger partial charge < -0.3 is 4.74 Å². The molecule has 0 spiro atoms. The Morgan fingerprint density at radius 2 is 1.12 bits per heavy atom. The van der Waals surface area contributed by atoms with Crippen LogP contribution < -0.4 is 26.1 Å². The predicted molar refractivity (Wildman–Crippen MR) is 91.4 cm³/mol. The minimum absolute atomic E-state index is 0.0361. The van der Waals surface area contributed by atoms with E-state index in [0.29, 0.717) is 22.6 Å². The maximum atomic E-state index is 11.7. The zero-order valence-corrected chi connectivity index (χ0v) is 15.1. The average molecular weight is 386 g/mol. The third-order valence-electron chi connectivity index (χ3n) is 3.42. The van der Waals surface area contributed by atoms with Gasteiger partial charge in [-0.15, -0.1) is 0 Å². The summed E-state index contributed by atoms with van der Waals surface area (Å²) in [6, 6.07) is 8.74. The van der Waals surface area contributed by atoms with Crippen LogP contribution in [0.2, 0.25) is 0 Å².